The molecule has 2 saturated heterocycles. The molecule has 0 radical (unpaired) electrons. The van der Waals surface area contributed by atoms with Crippen LogP contribution in [0.5, 0.6) is 0 Å². The van der Waals surface area contributed by atoms with Crippen molar-refractivity contribution in [2.45, 2.75) is 37.3 Å². The molecule has 0 atom stereocenters. The van der Waals surface area contributed by atoms with Gasteiger partial charge in [0.1, 0.15) is 0 Å². The van der Waals surface area contributed by atoms with E-state index in [-0.39, 0.29) is 0 Å². The van der Waals surface area contributed by atoms with E-state index >= 15 is 0 Å². The van der Waals surface area contributed by atoms with Gasteiger partial charge < -0.3 is 15.2 Å². The second kappa shape index (κ2) is 5.58. The summed E-state index contributed by atoms with van der Waals surface area (Å²) in [5.74, 6) is 1.61. The van der Waals surface area contributed by atoms with Gasteiger partial charge in [0, 0.05) is 60.9 Å². The van der Waals surface area contributed by atoms with Crippen molar-refractivity contribution in [1.29, 1.82) is 0 Å². The summed E-state index contributed by atoms with van der Waals surface area (Å²) in [5, 5.41) is 13.7. The van der Waals surface area contributed by atoms with Crippen molar-refractivity contribution in [2.75, 3.05) is 31.3 Å². The minimum absolute atomic E-state index is 0.435. The maximum absolute atomic E-state index is 11.2. The van der Waals surface area contributed by atoms with Crippen LogP contribution in [0.15, 0.2) is 0 Å². The first-order valence-corrected chi connectivity index (χ1v) is 7.55. The van der Waals surface area contributed by atoms with E-state index in [1.54, 1.807) is 0 Å². The van der Waals surface area contributed by atoms with E-state index in [9.17, 15) is 9.32 Å². The van der Waals surface area contributed by atoms with Crippen molar-refractivity contribution in [3.63, 3.8) is 0 Å². The Morgan fingerprint density at radius 3 is 2.56 bits per heavy atom. The first-order valence-electron chi connectivity index (χ1n) is 6.06. The van der Waals surface area contributed by atoms with Crippen LogP contribution in [0.4, 0.5) is 0 Å². The summed E-state index contributed by atoms with van der Waals surface area (Å²) in [6, 6.07) is 0.435. The van der Waals surface area contributed by atoms with Gasteiger partial charge in [0.15, 0.2) is 0 Å². The molecular formula is C11H21NO3S. The fourth-order valence-corrected chi connectivity index (χ4v) is 3.56. The molecule has 94 valence electrons. The molecule has 4 nitrogen and oxygen atoms in total. The van der Waals surface area contributed by atoms with Crippen LogP contribution in [-0.2, 0) is 15.5 Å². The summed E-state index contributed by atoms with van der Waals surface area (Å²) in [6.45, 7) is 1.97. The molecule has 0 aliphatic carbocycles. The summed E-state index contributed by atoms with van der Waals surface area (Å²) in [4.78, 5) is 0. The van der Waals surface area contributed by atoms with Crippen molar-refractivity contribution in [2.24, 2.45) is 0 Å². The van der Waals surface area contributed by atoms with Gasteiger partial charge in [-0.05, 0) is 12.8 Å². The van der Waals surface area contributed by atoms with Gasteiger partial charge >= 0.3 is 0 Å². The molecule has 0 aromatic carbocycles. The molecule has 2 aliphatic heterocycles. The Hall–Kier alpha value is 0.0300. The van der Waals surface area contributed by atoms with E-state index in [1.807, 2.05) is 0 Å². The van der Waals surface area contributed by atoms with E-state index < -0.39 is 16.4 Å². The second-order valence-corrected chi connectivity index (χ2v) is 6.54. The Kier molecular flexibility index (Phi) is 4.35. The largest absolute Gasteiger partial charge is 0.388 e. The number of nitrogens with one attached hydrogen (secondary N) is 1. The van der Waals surface area contributed by atoms with Gasteiger partial charge in [0.05, 0.1) is 5.60 Å². The normalized spacial score (nSPS) is 34.8. The maximum Gasteiger partial charge on any atom is 0.0815 e. The third kappa shape index (κ3) is 3.52. The van der Waals surface area contributed by atoms with Crippen LogP contribution in [0.25, 0.3) is 0 Å². The fourth-order valence-electron chi connectivity index (χ4n) is 2.26. The minimum Gasteiger partial charge on any atom is -0.388 e. The average Bonchev–Trinajstić information content (AvgIpc) is 2.29. The van der Waals surface area contributed by atoms with Crippen LogP contribution in [0.3, 0.4) is 0 Å². The molecule has 0 aromatic rings. The van der Waals surface area contributed by atoms with Gasteiger partial charge in [-0.3, -0.25) is 4.21 Å². The minimum atomic E-state index is -0.602. The van der Waals surface area contributed by atoms with Crippen molar-refractivity contribution in [3.8, 4) is 0 Å². The average molecular weight is 247 g/mol. The Bertz CT molecular complexity index is 244. The summed E-state index contributed by atoms with van der Waals surface area (Å²) in [5.41, 5.74) is -0.588. The first kappa shape index (κ1) is 12.5. The highest BCUT2D eigenvalue weighted by atomic mass is 32.2. The Morgan fingerprint density at radius 1 is 1.31 bits per heavy atom. The fraction of sp³-hybridized carbons (Fsp3) is 1.00. The number of ether oxygens (including phenoxy) is 1. The number of rotatable bonds is 3. The SMILES string of the molecule is O=S1CCC(NCC2(O)CCOCC2)CC1. The van der Waals surface area contributed by atoms with Gasteiger partial charge in [-0.15, -0.1) is 0 Å². The Labute approximate surface area is 99.2 Å². The molecule has 2 fully saturated rings. The van der Waals surface area contributed by atoms with Crippen LogP contribution < -0.4 is 5.32 Å². The van der Waals surface area contributed by atoms with Gasteiger partial charge in [-0.2, -0.15) is 0 Å². The summed E-state index contributed by atoms with van der Waals surface area (Å²) >= 11 is 0. The monoisotopic (exact) mass is 247 g/mol. The first-order chi connectivity index (χ1) is 7.68. The zero-order valence-electron chi connectivity index (χ0n) is 9.61. The molecule has 16 heavy (non-hydrogen) atoms. The molecule has 0 saturated carbocycles. The van der Waals surface area contributed by atoms with E-state index in [2.05, 4.69) is 5.32 Å². The molecule has 0 aromatic heterocycles. The van der Waals surface area contributed by atoms with Gasteiger partial charge in [-0.25, -0.2) is 0 Å². The van der Waals surface area contributed by atoms with E-state index in [0.717, 1.165) is 37.2 Å². The van der Waals surface area contributed by atoms with Gasteiger partial charge in [-0.1, -0.05) is 0 Å². The molecule has 0 unspecified atom stereocenters. The summed E-state index contributed by atoms with van der Waals surface area (Å²) < 4.78 is 16.4. The lowest BCUT2D eigenvalue weighted by Crippen LogP contribution is -2.49. The lowest BCUT2D eigenvalue weighted by Gasteiger charge is -2.34. The second-order valence-electron chi connectivity index (χ2n) is 4.84. The highest BCUT2D eigenvalue weighted by molar-refractivity contribution is 7.85. The lowest BCUT2D eigenvalue weighted by atomic mass is 9.94. The number of hydrogen-bond acceptors (Lipinski definition) is 4. The highest BCUT2D eigenvalue weighted by Gasteiger charge is 2.30. The molecule has 5 heteroatoms. The number of hydrogen-bond donors (Lipinski definition) is 2. The summed E-state index contributed by atoms with van der Waals surface area (Å²) in [7, 11) is -0.602. The number of aliphatic hydroxyl groups is 1. The van der Waals surface area contributed by atoms with Crippen LogP contribution in [0.2, 0.25) is 0 Å². The molecule has 2 heterocycles. The molecule has 0 amide bonds. The molecule has 2 N–H and O–H groups in total. The Balaban J connectivity index is 1.71. The van der Waals surface area contributed by atoms with Crippen LogP contribution >= 0.6 is 0 Å². The summed E-state index contributed by atoms with van der Waals surface area (Å²) in [6.07, 6.45) is 3.38. The third-order valence-electron chi connectivity index (χ3n) is 3.53. The van der Waals surface area contributed by atoms with Crippen molar-refractivity contribution < 1.29 is 14.1 Å². The van der Waals surface area contributed by atoms with Crippen molar-refractivity contribution in [1.82, 2.24) is 5.32 Å². The predicted octanol–water partition coefficient (Wildman–Crippen LogP) is 0.0286. The maximum atomic E-state index is 11.2. The van der Waals surface area contributed by atoms with E-state index in [1.165, 1.54) is 0 Å². The molecule has 2 aliphatic rings. The molecular weight excluding hydrogens is 226 g/mol. The van der Waals surface area contributed by atoms with E-state index in [4.69, 9.17) is 4.74 Å². The van der Waals surface area contributed by atoms with E-state index in [0.29, 0.717) is 25.8 Å². The lowest BCUT2D eigenvalue weighted by molar-refractivity contribution is -0.0628. The molecule has 2 rings (SSSR count). The third-order valence-corrected chi connectivity index (χ3v) is 4.91. The topological polar surface area (TPSA) is 58.6 Å². The van der Waals surface area contributed by atoms with Crippen LogP contribution in [0, 0.1) is 0 Å². The zero-order chi connectivity index (χ0) is 11.4. The molecule has 0 spiro atoms. The zero-order valence-corrected chi connectivity index (χ0v) is 10.4. The van der Waals surface area contributed by atoms with Crippen LogP contribution in [0.1, 0.15) is 25.7 Å². The van der Waals surface area contributed by atoms with Crippen LogP contribution in [-0.4, -0.2) is 52.2 Å². The van der Waals surface area contributed by atoms with Gasteiger partial charge in [0.2, 0.25) is 0 Å². The predicted molar refractivity (Wildman–Crippen MR) is 63.9 cm³/mol. The Morgan fingerprint density at radius 2 is 1.94 bits per heavy atom. The highest BCUT2D eigenvalue weighted by Crippen LogP contribution is 2.20. The molecule has 0 bridgehead atoms. The van der Waals surface area contributed by atoms with Gasteiger partial charge in [0.25, 0.3) is 0 Å². The smallest absolute Gasteiger partial charge is 0.0815 e. The van der Waals surface area contributed by atoms with Crippen molar-refractivity contribution in [3.05, 3.63) is 0 Å². The quantitative estimate of drug-likeness (QED) is 0.739. The standard InChI is InChI=1S/C11H21NO3S/c13-11(3-5-15-6-4-11)9-12-10-1-7-16(14)8-2-10/h10,12-13H,1-9H2. The van der Waals surface area contributed by atoms with Crippen molar-refractivity contribution >= 4 is 10.8 Å².